The number of hydrogen-bond donors (Lipinski definition) is 2. The van der Waals surface area contributed by atoms with Crippen molar-refractivity contribution in [2.45, 2.75) is 43.9 Å². The number of halogens is 1. The van der Waals surface area contributed by atoms with Gasteiger partial charge in [-0.25, -0.2) is 0 Å². The minimum atomic E-state index is -1.12. The number of ether oxygens (including phenoxy) is 2. The molecule has 4 rings (SSSR count). The van der Waals surface area contributed by atoms with Crippen LogP contribution in [0.15, 0.2) is 78.9 Å². The summed E-state index contributed by atoms with van der Waals surface area (Å²) in [5, 5.41) is 14.6. The third-order valence-corrected chi connectivity index (χ3v) is 6.86. The van der Waals surface area contributed by atoms with Gasteiger partial charge in [-0.05, 0) is 67.1 Å². The normalized spacial score (nSPS) is 23.4. The van der Waals surface area contributed by atoms with E-state index in [4.69, 9.17) is 9.47 Å². The Labute approximate surface area is 215 Å². The number of piperidine rings is 1. The average molecular weight is 492 g/mol. The van der Waals surface area contributed by atoms with Gasteiger partial charge in [0.2, 0.25) is 0 Å². The predicted octanol–water partition coefficient (Wildman–Crippen LogP) is 1.66. The maximum Gasteiger partial charge on any atom is 0.140 e. The minimum absolute atomic E-state index is 0. The van der Waals surface area contributed by atoms with E-state index in [9.17, 15) is 5.11 Å². The Morgan fingerprint density at radius 3 is 2.00 bits per heavy atom. The highest BCUT2D eigenvalue weighted by atomic mass is 35.5. The first-order chi connectivity index (χ1) is 16.6. The highest BCUT2D eigenvalue weighted by Gasteiger charge is 2.50. The molecule has 0 aromatic heterocycles. The Balaban J connectivity index is 0.00000342. The molecule has 3 aromatic carbocycles. The van der Waals surface area contributed by atoms with Gasteiger partial charge in [0.15, 0.2) is 0 Å². The van der Waals surface area contributed by atoms with Crippen LogP contribution in [0.5, 0.6) is 11.5 Å². The summed E-state index contributed by atoms with van der Waals surface area (Å²) in [5.41, 5.74) is 2.14. The Morgan fingerprint density at radius 1 is 0.886 bits per heavy atom. The molecule has 1 fully saturated rings. The van der Waals surface area contributed by atoms with Crippen molar-refractivity contribution in [3.05, 3.63) is 95.6 Å². The van der Waals surface area contributed by atoms with Gasteiger partial charge < -0.3 is 32.3 Å². The molecular formula is C30H34ClNO3. The van der Waals surface area contributed by atoms with Crippen LogP contribution in [0.3, 0.4) is 0 Å². The van der Waals surface area contributed by atoms with Crippen LogP contribution in [0, 0.1) is 17.8 Å². The van der Waals surface area contributed by atoms with Crippen molar-refractivity contribution in [1.29, 1.82) is 0 Å². The molecule has 0 radical (unpaired) electrons. The van der Waals surface area contributed by atoms with Crippen LogP contribution in [0.25, 0.3) is 0 Å². The molecule has 3 N–H and O–H groups in total. The molecule has 4 nitrogen and oxygen atoms in total. The van der Waals surface area contributed by atoms with Crippen LogP contribution in [0.4, 0.5) is 0 Å². The van der Waals surface area contributed by atoms with Gasteiger partial charge in [-0.1, -0.05) is 43.4 Å². The number of methoxy groups -OCH3 is 2. The second-order valence-corrected chi connectivity index (χ2v) is 9.01. The lowest BCUT2D eigenvalue weighted by molar-refractivity contribution is -0.755. The molecule has 184 valence electrons. The number of benzene rings is 3. The molecule has 0 saturated carbocycles. The van der Waals surface area contributed by atoms with E-state index in [0.29, 0.717) is 6.42 Å². The van der Waals surface area contributed by atoms with E-state index in [0.717, 1.165) is 35.5 Å². The highest BCUT2D eigenvalue weighted by Crippen LogP contribution is 2.41. The van der Waals surface area contributed by atoms with E-state index in [1.807, 2.05) is 54.6 Å². The fraction of sp³-hybridized carbons (Fsp3) is 0.333. The molecule has 1 heterocycles. The van der Waals surface area contributed by atoms with Crippen LogP contribution in [0.1, 0.15) is 55.0 Å². The summed E-state index contributed by atoms with van der Waals surface area (Å²) in [7, 11) is 3.36. The summed E-state index contributed by atoms with van der Waals surface area (Å²) in [6, 6.07) is 26.4. The van der Waals surface area contributed by atoms with Gasteiger partial charge in [0, 0.05) is 23.1 Å². The lowest BCUT2D eigenvalue weighted by atomic mass is 9.69. The summed E-state index contributed by atoms with van der Waals surface area (Å²) >= 11 is 0. The van der Waals surface area contributed by atoms with Crippen molar-refractivity contribution in [1.82, 2.24) is 0 Å². The monoisotopic (exact) mass is 491 g/mol. The van der Waals surface area contributed by atoms with Crippen molar-refractivity contribution < 1.29 is 32.3 Å². The number of rotatable bonds is 6. The van der Waals surface area contributed by atoms with E-state index in [1.165, 1.54) is 5.56 Å². The van der Waals surface area contributed by atoms with Gasteiger partial charge in [0.05, 0.1) is 20.1 Å². The lowest BCUT2D eigenvalue weighted by Gasteiger charge is -2.44. The van der Waals surface area contributed by atoms with Gasteiger partial charge >= 0.3 is 0 Å². The Hall–Kier alpha value is -2.97. The van der Waals surface area contributed by atoms with Gasteiger partial charge in [-0.15, -0.1) is 0 Å². The topological polar surface area (TPSA) is 55.3 Å². The second-order valence-electron chi connectivity index (χ2n) is 9.01. The van der Waals surface area contributed by atoms with Crippen LogP contribution in [-0.4, -0.2) is 24.9 Å². The first-order valence-electron chi connectivity index (χ1n) is 12.0. The molecule has 1 aliphatic rings. The van der Waals surface area contributed by atoms with Gasteiger partial charge in [0.25, 0.3) is 0 Å². The second kappa shape index (κ2) is 12.1. The SMILES string of the molecule is CCCC1C(c2ccc(OC)cc2)[NH2+]C(c2ccc(OC)cc2)CC1(O)C#Cc1ccccc1.[Cl-]. The third kappa shape index (κ3) is 6.18. The predicted molar refractivity (Wildman–Crippen MR) is 135 cm³/mol. The maximum atomic E-state index is 12.1. The third-order valence-electron chi connectivity index (χ3n) is 6.86. The molecule has 0 aliphatic carbocycles. The fourth-order valence-electron chi connectivity index (χ4n) is 5.06. The lowest BCUT2D eigenvalue weighted by Crippen LogP contribution is -3.00. The largest absolute Gasteiger partial charge is 1.00 e. The number of quaternary nitrogens is 1. The number of aliphatic hydroxyl groups is 1. The Bertz CT molecular complexity index is 1120. The summed E-state index contributed by atoms with van der Waals surface area (Å²) in [5.74, 6) is 8.26. The number of hydrogen-bond acceptors (Lipinski definition) is 3. The van der Waals surface area contributed by atoms with Gasteiger partial charge in [-0.3, -0.25) is 0 Å². The van der Waals surface area contributed by atoms with Crippen LogP contribution < -0.4 is 27.2 Å². The molecule has 5 heteroatoms. The molecular weight excluding hydrogens is 458 g/mol. The van der Waals surface area contributed by atoms with Crippen molar-refractivity contribution >= 4 is 0 Å². The molecule has 0 bridgehead atoms. The Kier molecular flexibility index (Phi) is 9.23. The van der Waals surface area contributed by atoms with E-state index >= 15 is 0 Å². The maximum absolute atomic E-state index is 12.1. The van der Waals surface area contributed by atoms with Gasteiger partial charge in [-0.2, -0.15) is 0 Å². The van der Waals surface area contributed by atoms with E-state index in [2.05, 4.69) is 48.3 Å². The summed E-state index contributed by atoms with van der Waals surface area (Å²) in [4.78, 5) is 0. The molecule has 1 saturated heterocycles. The fourth-order valence-corrected chi connectivity index (χ4v) is 5.06. The first-order valence-corrected chi connectivity index (χ1v) is 12.0. The first kappa shape index (κ1) is 26.6. The quantitative estimate of drug-likeness (QED) is 0.516. The minimum Gasteiger partial charge on any atom is -1.00 e. The smallest absolute Gasteiger partial charge is 0.140 e. The summed E-state index contributed by atoms with van der Waals surface area (Å²) < 4.78 is 10.7. The molecule has 35 heavy (non-hydrogen) atoms. The zero-order valence-corrected chi connectivity index (χ0v) is 21.3. The molecule has 4 atom stereocenters. The Morgan fingerprint density at radius 2 is 1.46 bits per heavy atom. The van der Waals surface area contributed by atoms with Gasteiger partial charge in [0.1, 0.15) is 29.2 Å². The van der Waals surface area contributed by atoms with Crippen molar-refractivity contribution in [3.8, 4) is 23.3 Å². The molecule has 1 aliphatic heterocycles. The zero-order valence-electron chi connectivity index (χ0n) is 20.6. The highest BCUT2D eigenvalue weighted by molar-refractivity contribution is 5.38. The molecule has 0 amide bonds. The summed E-state index contributed by atoms with van der Waals surface area (Å²) in [6.45, 7) is 2.17. The van der Waals surface area contributed by atoms with Crippen molar-refractivity contribution in [3.63, 3.8) is 0 Å². The van der Waals surface area contributed by atoms with E-state index < -0.39 is 5.60 Å². The molecule has 0 spiro atoms. The van der Waals surface area contributed by atoms with E-state index in [-0.39, 0.29) is 30.4 Å². The number of nitrogens with two attached hydrogens (primary N) is 1. The average Bonchev–Trinajstić information content (AvgIpc) is 2.89. The molecule has 3 aromatic rings. The molecule has 4 unspecified atom stereocenters. The summed E-state index contributed by atoms with van der Waals surface area (Å²) in [6.07, 6.45) is 2.44. The van der Waals surface area contributed by atoms with E-state index in [1.54, 1.807) is 14.2 Å². The van der Waals surface area contributed by atoms with Crippen molar-refractivity contribution in [2.75, 3.05) is 14.2 Å². The van der Waals surface area contributed by atoms with Crippen LogP contribution in [-0.2, 0) is 0 Å². The van der Waals surface area contributed by atoms with Crippen LogP contribution in [0.2, 0.25) is 0 Å². The van der Waals surface area contributed by atoms with Crippen molar-refractivity contribution in [2.24, 2.45) is 5.92 Å². The van der Waals surface area contributed by atoms with Crippen LogP contribution >= 0.6 is 0 Å². The zero-order chi connectivity index (χ0) is 24.0. The standard InChI is InChI=1S/C30H33NO3.ClH/c1-4-8-27-29(24-13-17-26(34-3)18-14-24)31-28(23-11-15-25(33-2)16-12-23)21-30(27,32)20-19-22-9-6-5-7-10-22;/h5-7,9-18,27-29,31-32H,4,8,21H2,1-3H3;1H.